The van der Waals surface area contributed by atoms with E-state index in [9.17, 15) is 4.79 Å². The average Bonchev–Trinajstić information content (AvgIpc) is 2.64. The molecule has 2 aromatic carbocycles. The summed E-state index contributed by atoms with van der Waals surface area (Å²) in [6.45, 7) is 0. The van der Waals surface area contributed by atoms with Gasteiger partial charge in [-0.2, -0.15) is 0 Å². The standard InChI is InChI=1S/C19H20O5/c1-21-16-9-6-13(11-18(16)23-3)5-8-15(20)14-7-10-17(22-2)19(12-14)24-4/h5-12H,1-4H3/b8-5+. The van der Waals surface area contributed by atoms with E-state index < -0.39 is 0 Å². The number of hydrogen-bond acceptors (Lipinski definition) is 5. The molecule has 2 rings (SSSR count). The number of allylic oxidation sites excluding steroid dienone is 1. The quantitative estimate of drug-likeness (QED) is 0.574. The van der Waals surface area contributed by atoms with Gasteiger partial charge < -0.3 is 18.9 Å². The molecule has 0 fully saturated rings. The van der Waals surface area contributed by atoms with Crippen molar-refractivity contribution >= 4 is 11.9 Å². The minimum absolute atomic E-state index is 0.134. The van der Waals surface area contributed by atoms with E-state index >= 15 is 0 Å². The summed E-state index contributed by atoms with van der Waals surface area (Å²) in [5, 5.41) is 0. The van der Waals surface area contributed by atoms with E-state index in [1.54, 1.807) is 57.7 Å². The van der Waals surface area contributed by atoms with Gasteiger partial charge in [-0.1, -0.05) is 12.1 Å². The van der Waals surface area contributed by atoms with Crippen molar-refractivity contribution in [2.45, 2.75) is 0 Å². The van der Waals surface area contributed by atoms with Crippen LogP contribution in [0.4, 0.5) is 0 Å². The predicted octanol–water partition coefficient (Wildman–Crippen LogP) is 3.62. The molecule has 2 aromatic rings. The molecule has 0 aliphatic carbocycles. The molecule has 0 spiro atoms. The maximum Gasteiger partial charge on any atom is 0.185 e. The summed E-state index contributed by atoms with van der Waals surface area (Å²) < 4.78 is 20.8. The molecular formula is C19H20O5. The maximum atomic E-state index is 12.3. The molecule has 0 saturated carbocycles. The van der Waals surface area contributed by atoms with Gasteiger partial charge in [0.25, 0.3) is 0 Å². The Hall–Kier alpha value is -2.95. The van der Waals surface area contributed by atoms with E-state index in [1.165, 1.54) is 13.2 Å². The Morgan fingerprint density at radius 2 is 1.29 bits per heavy atom. The lowest BCUT2D eigenvalue weighted by atomic mass is 10.1. The van der Waals surface area contributed by atoms with Crippen LogP contribution < -0.4 is 18.9 Å². The lowest BCUT2D eigenvalue weighted by Crippen LogP contribution is -1.97. The Balaban J connectivity index is 2.21. The number of hydrogen-bond donors (Lipinski definition) is 0. The second-order valence-electron chi connectivity index (χ2n) is 4.88. The van der Waals surface area contributed by atoms with Crippen LogP contribution in [0.1, 0.15) is 15.9 Å². The normalized spacial score (nSPS) is 10.5. The minimum atomic E-state index is -0.134. The molecule has 0 radical (unpaired) electrons. The van der Waals surface area contributed by atoms with Crippen LogP contribution in [0.3, 0.4) is 0 Å². The number of methoxy groups -OCH3 is 4. The highest BCUT2D eigenvalue weighted by Gasteiger charge is 2.09. The van der Waals surface area contributed by atoms with Gasteiger partial charge in [-0.3, -0.25) is 4.79 Å². The van der Waals surface area contributed by atoms with Gasteiger partial charge in [0, 0.05) is 5.56 Å². The van der Waals surface area contributed by atoms with Gasteiger partial charge in [0.1, 0.15) is 0 Å². The topological polar surface area (TPSA) is 54.0 Å². The Bertz CT molecular complexity index is 749. The highest BCUT2D eigenvalue weighted by Crippen LogP contribution is 2.29. The molecule has 0 bridgehead atoms. The molecule has 0 aliphatic heterocycles. The molecule has 0 saturated heterocycles. The highest BCUT2D eigenvalue weighted by atomic mass is 16.5. The third-order valence-corrected chi connectivity index (χ3v) is 3.50. The Morgan fingerprint density at radius 3 is 1.88 bits per heavy atom. The minimum Gasteiger partial charge on any atom is -0.493 e. The van der Waals surface area contributed by atoms with E-state index in [4.69, 9.17) is 18.9 Å². The second kappa shape index (κ2) is 8.06. The van der Waals surface area contributed by atoms with Gasteiger partial charge in [-0.15, -0.1) is 0 Å². The smallest absolute Gasteiger partial charge is 0.185 e. The lowest BCUT2D eigenvalue weighted by Gasteiger charge is -2.08. The van der Waals surface area contributed by atoms with Crippen molar-refractivity contribution in [3.63, 3.8) is 0 Å². The summed E-state index contributed by atoms with van der Waals surface area (Å²) in [4.78, 5) is 12.3. The van der Waals surface area contributed by atoms with Gasteiger partial charge in [-0.25, -0.2) is 0 Å². The van der Waals surface area contributed by atoms with E-state index in [0.29, 0.717) is 28.6 Å². The third-order valence-electron chi connectivity index (χ3n) is 3.50. The van der Waals surface area contributed by atoms with E-state index in [1.807, 2.05) is 6.07 Å². The Kier molecular flexibility index (Phi) is 5.84. The fraction of sp³-hybridized carbons (Fsp3) is 0.211. The van der Waals surface area contributed by atoms with E-state index in [0.717, 1.165) is 5.56 Å². The lowest BCUT2D eigenvalue weighted by molar-refractivity contribution is 0.104. The number of carbonyl (C=O) groups excluding carboxylic acids is 1. The number of rotatable bonds is 7. The molecule has 0 atom stereocenters. The van der Waals surface area contributed by atoms with Crippen LogP contribution in [-0.2, 0) is 0 Å². The first-order valence-electron chi connectivity index (χ1n) is 7.29. The zero-order valence-corrected chi connectivity index (χ0v) is 14.2. The molecule has 24 heavy (non-hydrogen) atoms. The number of carbonyl (C=O) groups is 1. The van der Waals surface area contributed by atoms with Crippen molar-refractivity contribution in [3.05, 3.63) is 53.6 Å². The molecule has 0 aromatic heterocycles. The first kappa shape index (κ1) is 17.4. The molecule has 0 aliphatic rings. The molecule has 0 heterocycles. The number of ketones is 1. The van der Waals surface area contributed by atoms with Crippen molar-refractivity contribution in [2.24, 2.45) is 0 Å². The zero-order chi connectivity index (χ0) is 17.5. The predicted molar refractivity (Wildman–Crippen MR) is 92.5 cm³/mol. The molecule has 5 nitrogen and oxygen atoms in total. The van der Waals surface area contributed by atoms with Gasteiger partial charge in [-0.05, 0) is 42.0 Å². The fourth-order valence-corrected chi connectivity index (χ4v) is 2.21. The summed E-state index contributed by atoms with van der Waals surface area (Å²) in [5.74, 6) is 2.21. The first-order chi connectivity index (χ1) is 11.6. The second-order valence-corrected chi connectivity index (χ2v) is 4.88. The Morgan fingerprint density at radius 1 is 0.750 bits per heavy atom. The van der Waals surface area contributed by atoms with Gasteiger partial charge >= 0.3 is 0 Å². The van der Waals surface area contributed by atoms with E-state index in [-0.39, 0.29) is 5.78 Å². The summed E-state index contributed by atoms with van der Waals surface area (Å²) in [7, 11) is 6.23. The molecule has 126 valence electrons. The Labute approximate surface area is 141 Å². The van der Waals surface area contributed by atoms with Crippen LogP contribution in [-0.4, -0.2) is 34.2 Å². The summed E-state index contributed by atoms with van der Waals surface area (Å²) >= 11 is 0. The van der Waals surface area contributed by atoms with Crippen LogP contribution in [0.2, 0.25) is 0 Å². The number of benzene rings is 2. The van der Waals surface area contributed by atoms with Crippen LogP contribution in [0, 0.1) is 0 Å². The molecular weight excluding hydrogens is 308 g/mol. The van der Waals surface area contributed by atoms with Gasteiger partial charge in [0.2, 0.25) is 0 Å². The van der Waals surface area contributed by atoms with Crippen molar-refractivity contribution in [3.8, 4) is 23.0 Å². The summed E-state index contributed by atoms with van der Waals surface area (Å²) in [6, 6.07) is 10.5. The van der Waals surface area contributed by atoms with Crippen molar-refractivity contribution in [1.29, 1.82) is 0 Å². The van der Waals surface area contributed by atoms with Crippen molar-refractivity contribution < 1.29 is 23.7 Å². The monoisotopic (exact) mass is 328 g/mol. The molecule has 0 amide bonds. The van der Waals surface area contributed by atoms with Crippen LogP contribution in [0.25, 0.3) is 6.08 Å². The highest BCUT2D eigenvalue weighted by molar-refractivity contribution is 6.07. The summed E-state index contributed by atoms with van der Waals surface area (Å²) in [5.41, 5.74) is 1.35. The zero-order valence-electron chi connectivity index (χ0n) is 14.2. The van der Waals surface area contributed by atoms with Crippen LogP contribution in [0.15, 0.2) is 42.5 Å². The third kappa shape index (κ3) is 3.87. The fourth-order valence-electron chi connectivity index (χ4n) is 2.21. The van der Waals surface area contributed by atoms with Crippen LogP contribution in [0.5, 0.6) is 23.0 Å². The van der Waals surface area contributed by atoms with Crippen molar-refractivity contribution in [2.75, 3.05) is 28.4 Å². The van der Waals surface area contributed by atoms with Crippen molar-refractivity contribution in [1.82, 2.24) is 0 Å². The SMILES string of the molecule is COc1ccc(/C=C/C(=O)c2ccc(OC)c(OC)c2)cc1OC. The van der Waals surface area contributed by atoms with E-state index in [2.05, 4.69) is 0 Å². The molecule has 0 unspecified atom stereocenters. The summed E-state index contributed by atoms with van der Waals surface area (Å²) in [6.07, 6.45) is 3.23. The number of ether oxygens (including phenoxy) is 4. The average molecular weight is 328 g/mol. The van der Waals surface area contributed by atoms with Gasteiger partial charge in [0.15, 0.2) is 28.8 Å². The maximum absolute atomic E-state index is 12.3. The van der Waals surface area contributed by atoms with Crippen LogP contribution >= 0.6 is 0 Å². The first-order valence-corrected chi connectivity index (χ1v) is 7.29. The van der Waals surface area contributed by atoms with Gasteiger partial charge in [0.05, 0.1) is 28.4 Å². The molecule has 0 N–H and O–H groups in total. The molecule has 5 heteroatoms. The largest absolute Gasteiger partial charge is 0.493 e.